The second-order valence-corrected chi connectivity index (χ2v) is 7.56. The maximum absolute atomic E-state index is 13.0. The van der Waals surface area contributed by atoms with Crippen molar-refractivity contribution in [2.45, 2.75) is 52.9 Å². The average molecular weight is 387 g/mol. The lowest BCUT2D eigenvalue weighted by molar-refractivity contribution is -0.0158. The van der Waals surface area contributed by atoms with E-state index in [1.54, 1.807) is 6.07 Å². The summed E-state index contributed by atoms with van der Waals surface area (Å²) < 4.78 is 0. The molecule has 2 saturated heterocycles. The van der Waals surface area contributed by atoms with Gasteiger partial charge in [0, 0.05) is 24.2 Å². The molecule has 154 valence electrons. The topological polar surface area (TPSA) is 47.1 Å². The van der Waals surface area contributed by atoms with Gasteiger partial charge in [-0.1, -0.05) is 33.8 Å². The van der Waals surface area contributed by atoms with E-state index in [4.69, 9.17) is 0 Å². The molecule has 2 fully saturated rings. The van der Waals surface area contributed by atoms with Gasteiger partial charge in [-0.3, -0.25) is 19.4 Å². The van der Waals surface area contributed by atoms with Crippen LogP contribution < -0.4 is 0 Å². The number of likely N-dealkylation sites (tertiary alicyclic amines) is 2. The number of carbonyl (C=O) groups excluding carboxylic acids is 2. The molecule has 3 rings (SSSR count). The lowest BCUT2D eigenvalue weighted by Gasteiger charge is -2.47. The first-order chi connectivity index (χ1) is 13.5. The number of benzene rings is 1. The Morgan fingerprint density at radius 3 is 1.50 bits per heavy atom. The fourth-order valence-electron chi connectivity index (χ4n) is 4.39. The van der Waals surface area contributed by atoms with Crippen LogP contribution in [0.2, 0.25) is 0 Å². The van der Waals surface area contributed by atoms with Crippen LogP contribution in [0.3, 0.4) is 0 Å². The smallest absolute Gasteiger partial charge is 0.255 e. The van der Waals surface area contributed by atoms with Crippen molar-refractivity contribution in [1.29, 1.82) is 0 Å². The van der Waals surface area contributed by atoms with Gasteiger partial charge in [0.1, 0.15) is 0 Å². The number of rotatable bonds is 8. The monoisotopic (exact) mass is 386 g/mol. The molecule has 0 bridgehead atoms. The van der Waals surface area contributed by atoms with Gasteiger partial charge in [0.15, 0.2) is 0 Å². The van der Waals surface area contributed by atoms with Gasteiger partial charge in [-0.2, -0.15) is 0 Å². The van der Waals surface area contributed by atoms with Crippen LogP contribution in [0.4, 0.5) is 0 Å². The Labute approximate surface area is 169 Å². The molecule has 0 aromatic heterocycles. The van der Waals surface area contributed by atoms with E-state index in [1.807, 2.05) is 28.0 Å². The molecule has 28 heavy (non-hydrogen) atoms. The Morgan fingerprint density at radius 2 is 1.21 bits per heavy atom. The van der Waals surface area contributed by atoms with Crippen molar-refractivity contribution in [3.8, 4) is 0 Å². The summed E-state index contributed by atoms with van der Waals surface area (Å²) in [5.74, 6) is 0.0587. The third-order valence-electron chi connectivity index (χ3n) is 6.32. The zero-order valence-electron chi connectivity index (χ0n) is 17.7. The second kappa shape index (κ2) is 9.05. The van der Waals surface area contributed by atoms with Gasteiger partial charge in [0.2, 0.25) is 0 Å². The number of amides is 2. The van der Waals surface area contributed by atoms with Gasteiger partial charge in [-0.25, -0.2) is 0 Å². The molecule has 1 aromatic rings. The maximum atomic E-state index is 13.0. The lowest BCUT2D eigenvalue weighted by atomic mass is 10.0. The summed E-state index contributed by atoms with van der Waals surface area (Å²) in [6.45, 7) is 13.8. The normalized spacial score (nSPS) is 21.6. The number of hydrogen-bond acceptors (Lipinski definition) is 4. The molecule has 0 N–H and O–H groups in total. The van der Waals surface area contributed by atoms with Crippen LogP contribution in [-0.4, -0.2) is 83.0 Å². The van der Waals surface area contributed by atoms with E-state index in [0.29, 0.717) is 11.1 Å². The first-order valence-electron chi connectivity index (χ1n) is 10.8. The van der Waals surface area contributed by atoms with E-state index < -0.39 is 0 Å². The fourth-order valence-corrected chi connectivity index (χ4v) is 4.39. The molecule has 0 spiro atoms. The summed E-state index contributed by atoms with van der Waals surface area (Å²) in [6.07, 6.45) is 2.41. The summed E-state index contributed by atoms with van der Waals surface area (Å²) in [5, 5.41) is 0. The van der Waals surface area contributed by atoms with Crippen LogP contribution in [-0.2, 0) is 0 Å². The molecule has 2 unspecified atom stereocenters. The fraction of sp³-hybridized carbons (Fsp3) is 0.636. The second-order valence-electron chi connectivity index (χ2n) is 7.56. The zero-order chi connectivity index (χ0) is 20.3. The minimum absolute atomic E-state index is 0.0294. The zero-order valence-corrected chi connectivity index (χ0v) is 17.7. The first-order valence-corrected chi connectivity index (χ1v) is 10.8. The Bertz CT molecular complexity index is 644. The van der Waals surface area contributed by atoms with Crippen LogP contribution in [0.15, 0.2) is 24.3 Å². The van der Waals surface area contributed by atoms with Gasteiger partial charge in [-0.05, 0) is 57.2 Å². The molecule has 2 amide bonds. The number of nitrogens with zero attached hydrogens (tertiary/aromatic N) is 4. The molecular weight excluding hydrogens is 352 g/mol. The van der Waals surface area contributed by atoms with E-state index in [0.717, 1.165) is 52.1 Å². The third kappa shape index (κ3) is 3.80. The van der Waals surface area contributed by atoms with Crippen LogP contribution >= 0.6 is 0 Å². The van der Waals surface area contributed by atoms with Crippen molar-refractivity contribution in [2.24, 2.45) is 0 Å². The van der Waals surface area contributed by atoms with E-state index in [2.05, 4.69) is 37.5 Å². The number of carbonyl (C=O) groups is 2. The van der Waals surface area contributed by atoms with Crippen LogP contribution in [0.25, 0.3) is 0 Å². The standard InChI is InChI=1S/C22H34N4O2/c1-5-23(6-2)19-12-14-25(19)21(27)17-10-9-11-18(16-17)22(28)26-15-13-20(26)24(7-3)8-4/h9-11,16,19-20H,5-8,12-15H2,1-4H3. The molecule has 2 aliphatic rings. The highest BCUT2D eigenvalue weighted by molar-refractivity contribution is 6.00. The van der Waals surface area contributed by atoms with E-state index in [-0.39, 0.29) is 24.1 Å². The molecule has 6 heteroatoms. The molecule has 2 aliphatic heterocycles. The summed E-state index contributed by atoms with van der Waals surface area (Å²) >= 11 is 0. The molecule has 0 saturated carbocycles. The van der Waals surface area contributed by atoms with E-state index in [9.17, 15) is 9.59 Å². The highest BCUT2D eigenvalue weighted by Crippen LogP contribution is 2.26. The first kappa shape index (κ1) is 20.8. The molecule has 2 heterocycles. The van der Waals surface area contributed by atoms with Crippen molar-refractivity contribution in [1.82, 2.24) is 19.6 Å². The van der Waals surface area contributed by atoms with Crippen LogP contribution in [0, 0.1) is 0 Å². The van der Waals surface area contributed by atoms with Crippen molar-refractivity contribution in [3.63, 3.8) is 0 Å². The SMILES string of the molecule is CCN(CC)C1CCN1C(=O)c1cccc(C(=O)N2CCC2N(CC)CC)c1. The Morgan fingerprint density at radius 1 is 0.821 bits per heavy atom. The largest absolute Gasteiger partial charge is 0.323 e. The van der Waals surface area contributed by atoms with Crippen molar-refractivity contribution < 1.29 is 9.59 Å². The minimum atomic E-state index is 0.0294. The number of hydrogen-bond donors (Lipinski definition) is 0. The van der Waals surface area contributed by atoms with Gasteiger partial charge >= 0.3 is 0 Å². The molecule has 0 radical (unpaired) electrons. The minimum Gasteiger partial charge on any atom is -0.323 e. The predicted octanol–water partition coefficient (Wildman–Crippen LogP) is 2.71. The highest BCUT2D eigenvalue weighted by Gasteiger charge is 2.37. The van der Waals surface area contributed by atoms with E-state index in [1.165, 1.54) is 0 Å². The Kier molecular flexibility index (Phi) is 6.73. The molecule has 6 nitrogen and oxygen atoms in total. The summed E-state index contributed by atoms with van der Waals surface area (Å²) in [6, 6.07) is 7.27. The van der Waals surface area contributed by atoms with Crippen LogP contribution in [0.5, 0.6) is 0 Å². The lowest BCUT2D eigenvalue weighted by Crippen LogP contribution is -2.60. The van der Waals surface area contributed by atoms with Gasteiger partial charge < -0.3 is 9.80 Å². The summed E-state index contributed by atoms with van der Waals surface area (Å²) in [7, 11) is 0. The van der Waals surface area contributed by atoms with E-state index >= 15 is 0 Å². The van der Waals surface area contributed by atoms with Gasteiger partial charge in [0.05, 0.1) is 12.3 Å². The quantitative estimate of drug-likeness (QED) is 0.689. The molecule has 2 atom stereocenters. The van der Waals surface area contributed by atoms with Crippen LogP contribution in [0.1, 0.15) is 61.3 Å². The van der Waals surface area contributed by atoms with Gasteiger partial charge in [0.25, 0.3) is 11.8 Å². The highest BCUT2D eigenvalue weighted by atomic mass is 16.2. The third-order valence-corrected chi connectivity index (χ3v) is 6.32. The maximum Gasteiger partial charge on any atom is 0.255 e. The van der Waals surface area contributed by atoms with Gasteiger partial charge in [-0.15, -0.1) is 0 Å². The molecule has 0 aliphatic carbocycles. The van der Waals surface area contributed by atoms with Crippen molar-refractivity contribution >= 4 is 11.8 Å². The molecular formula is C22H34N4O2. The summed E-state index contributed by atoms with van der Waals surface area (Å²) in [5.41, 5.74) is 1.23. The van der Waals surface area contributed by atoms with Crippen molar-refractivity contribution in [3.05, 3.63) is 35.4 Å². The Balaban J connectivity index is 1.72. The Hall–Kier alpha value is -1.92. The predicted molar refractivity (Wildman–Crippen MR) is 111 cm³/mol. The summed E-state index contributed by atoms with van der Waals surface area (Å²) in [4.78, 5) is 34.5. The average Bonchev–Trinajstić information content (AvgIpc) is 2.67. The molecule has 1 aromatic carbocycles. The van der Waals surface area contributed by atoms with Crippen molar-refractivity contribution in [2.75, 3.05) is 39.3 Å².